The molecule has 1 rings (SSSR count). The van der Waals surface area contributed by atoms with Gasteiger partial charge in [-0.05, 0) is 18.3 Å². The minimum Gasteiger partial charge on any atom is -0.126 e. The Labute approximate surface area is 56.2 Å². The Kier molecular flexibility index (Phi) is 2.18. The van der Waals surface area contributed by atoms with Crippen LogP contribution in [0.5, 0.6) is 0 Å². The zero-order valence-electron chi connectivity index (χ0n) is 5.36. The lowest BCUT2D eigenvalue weighted by Gasteiger charge is -2.08. The standard InChI is InChI=1S/C7H13Cl/c1-6-3-2-4-7(6)5-8/h6-7H,2-5H2,1H3. The molecule has 2 atom stereocenters. The first-order valence-electron chi connectivity index (χ1n) is 3.40. The quantitative estimate of drug-likeness (QED) is 0.482. The van der Waals surface area contributed by atoms with Crippen LogP contribution in [-0.2, 0) is 0 Å². The van der Waals surface area contributed by atoms with E-state index in [0.29, 0.717) is 0 Å². The van der Waals surface area contributed by atoms with Crippen LogP contribution >= 0.6 is 11.6 Å². The van der Waals surface area contributed by atoms with Gasteiger partial charge in [0.2, 0.25) is 0 Å². The highest BCUT2D eigenvalue weighted by Gasteiger charge is 2.21. The maximum absolute atomic E-state index is 5.70. The fourth-order valence-corrected chi connectivity index (χ4v) is 1.91. The van der Waals surface area contributed by atoms with Gasteiger partial charge < -0.3 is 0 Å². The summed E-state index contributed by atoms with van der Waals surface area (Å²) in [4.78, 5) is 0. The lowest BCUT2D eigenvalue weighted by Crippen LogP contribution is -2.04. The lowest BCUT2D eigenvalue weighted by atomic mass is 10.0. The van der Waals surface area contributed by atoms with Crippen LogP contribution in [0.3, 0.4) is 0 Å². The Morgan fingerprint density at radius 2 is 2.25 bits per heavy atom. The SMILES string of the molecule is CC1CCCC1CCl. The Bertz CT molecular complexity index is 70.8. The van der Waals surface area contributed by atoms with Gasteiger partial charge in [0.05, 0.1) is 0 Å². The molecule has 0 heterocycles. The molecule has 0 aromatic rings. The van der Waals surface area contributed by atoms with Crippen molar-refractivity contribution < 1.29 is 0 Å². The van der Waals surface area contributed by atoms with E-state index in [1.54, 1.807) is 0 Å². The summed E-state index contributed by atoms with van der Waals surface area (Å²) in [5, 5.41) is 0. The van der Waals surface area contributed by atoms with Crippen LogP contribution in [0, 0.1) is 11.8 Å². The van der Waals surface area contributed by atoms with Gasteiger partial charge in [-0.3, -0.25) is 0 Å². The fraction of sp³-hybridized carbons (Fsp3) is 1.00. The van der Waals surface area contributed by atoms with Gasteiger partial charge in [0.1, 0.15) is 0 Å². The van der Waals surface area contributed by atoms with E-state index in [9.17, 15) is 0 Å². The summed E-state index contributed by atoms with van der Waals surface area (Å²) in [5.41, 5.74) is 0. The largest absolute Gasteiger partial charge is 0.126 e. The van der Waals surface area contributed by atoms with Crippen molar-refractivity contribution in [3.63, 3.8) is 0 Å². The molecule has 8 heavy (non-hydrogen) atoms. The Balaban J connectivity index is 2.30. The maximum atomic E-state index is 5.70. The third-order valence-electron chi connectivity index (χ3n) is 2.24. The summed E-state index contributed by atoms with van der Waals surface area (Å²) in [6.07, 6.45) is 4.17. The number of hydrogen-bond acceptors (Lipinski definition) is 0. The second-order valence-corrected chi connectivity index (χ2v) is 3.13. The summed E-state index contributed by atoms with van der Waals surface area (Å²) in [6.45, 7) is 2.31. The Morgan fingerprint density at radius 3 is 2.50 bits per heavy atom. The zero-order chi connectivity index (χ0) is 5.98. The van der Waals surface area contributed by atoms with Crippen LogP contribution in [0.25, 0.3) is 0 Å². The lowest BCUT2D eigenvalue weighted by molar-refractivity contribution is 0.462. The average molecular weight is 133 g/mol. The van der Waals surface area contributed by atoms with Crippen molar-refractivity contribution in [2.75, 3.05) is 5.88 Å². The molecule has 1 aliphatic carbocycles. The third-order valence-corrected chi connectivity index (χ3v) is 2.63. The normalized spacial score (nSPS) is 38.2. The highest BCUT2D eigenvalue weighted by molar-refractivity contribution is 6.18. The second-order valence-electron chi connectivity index (χ2n) is 2.82. The molecule has 0 aliphatic heterocycles. The van der Waals surface area contributed by atoms with Crippen molar-refractivity contribution in [1.82, 2.24) is 0 Å². The molecule has 0 N–H and O–H groups in total. The van der Waals surface area contributed by atoms with Crippen molar-refractivity contribution in [1.29, 1.82) is 0 Å². The minimum atomic E-state index is 0.830. The second kappa shape index (κ2) is 2.72. The van der Waals surface area contributed by atoms with Crippen LogP contribution in [0.2, 0.25) is 0 Å². The van der Waals surface area contributed by atoms with Crippen molar-refractivity contribution in [2.24, 2.45) is 11.8 Å². The van der Waals surface area contributed by atoms with Gasteiger partial charge in [0.25, 0.3) is 0 Å². The Morgan fingerprint density at radius 1 is 1.50 bits per heavy atom. The first-order chi connectivity index (χ1) is 3.84. The molecule has 0 saturated heterocycles. The topological polar surface area (TPSA) is 0 Å². The molecule has 2 unspecified atom stereocenters. The van der Waals surface area contributed by atoms with E-state index in [-0.39, 0.29) is 0 Å². The van der Waals surface area contributed by atoms with Crippen LogP contribution < -0.4 is 0 Å². The van der Waals surface area contributed by atoms with E-state index >= 15 is 0 Å². The summed E-state index contributed by atoms with van der Waals surface area (Å²) in [6, 6.07) is 0. The van der Waals surface area contributed by atoms with E-state index < -0.39 is 0 Å². The highest BCUT2D eigenvalue weighted by Crippen LogP contribution is 2.31. The molecule has 0 spiro atoms. The van der Waals surface area contributed by atoms with E-state index in [1.807, 2.05) is 0 Å². The molecule has 1 fully saturated rings. The van der Waals surface area contributed by atoms with E-state index in [2.05, 4.69) is 6.92 Å². The van der Waals surface area contributed by atoms with Crippen molar-refractivity contribution in [3.8, 4) is 0 Å². The van der Waals surface area contributed by atoms with Gasteiger partial charge >= 0.3 is 0 Å². The first-order valence-corrected chi connectivity index (χ1v) is 3.94. The molecule has 0 nitrogen and oxygen atoms in total. The maximum Gasteiger partial charge on any atom is 0.0254 e. The molecule has 1 aliphatic rings. The summed E-state index contributed by atoms with van der Waals surface area (Å²) in [7, 11) is 0. The van der Waals surface area contributed by atoms with Gasteiger partial charge in [-0.2, -0.15) is 0 Å². The van der Waals surface area contributed by atoms with E-state index in [1.165, 1.54) is 19.3 Å². The van der Waals surface area contributed by atoms with Crippen molar-refractivity contribution in [3.05, 3.63) is 0 Å². The van der Waals surface area contributed by atoms with Gasteiger partial charge in [-0.25, -0.2) is 0 Å². The van der Waals surface area contributed by atoms with E-state index in [4.69, 9.17) is 11.6 Å². The van der Waals surface area contributed by atoms with Crippen molar-refractivity contribution in [2.45, 2.75) is 26.2 Å². The predicted octanol–water partition coefficient (Wildman–Crippen LogP) is 2.66. The first kappa shape index (κ1) is 6.41. The van der Waals surface area contributed by atoms with Gasteiger partial charge in [0.15, 0.2) is 0 Å². The third kappa shape index (κ3) is 1.17. The molecule has 0 radical (unpaired) electrons. The van der Waals surface area contributed by atoms with Gasteiger partial charge in [-0.1, -0.05) is 19.8 Å². The van der Waals surface area contributed by atoms with Crippen LogP contribution in [0.4, 0.5) is 0 Å². The predicted molar refractivity (Wildman–Crippen MR) is 37.2 cm³/mol. The molecule has 0 aromatic heterocycles. The molecule has 0 amide bonds. The molecule has 1 heteroatoms. The highest BCUT2D eigenvalue weighted by atomic mass is 35.5. The number of rotatable bonds is 1. The molecular weight excluding hydrogens is 120 g/mol. The number of hydrogen-bond donors (Lipinski definition) is 0. The average Bonchev–Trinajstić information content (AvgIpc) is 2.14. The molecule has 48 valence electrons. The monoisotopic (exact) mass is 132 g/mol. The van der Waals surface area contributed by atoms with E-state index in [0.717, 1.165) is 17.7 Å². The van der Waals surface area contributed by atoms with Crippen LogP contribution in [0.15, 0.2) is 0 Å². The fourth-order valence-electron chi connectivity index (χ4n) is 1.45. The molecular formula is C7H13Cl. The minimum absolute atomic E-state index is 0.830. The summed E-state index contributed by atoms with van der Waals surface area (Å²) >= 11 is 5.70. The van der Waals surface area contributed by atoms with Crippen LogP contribution in [0.1, 0.15) is 26.2 Å². The number of alkyl halides is 1. The van der Waals surface area contributed by atoms with Crippen molar-refractivity contribution >= 4 is 11.6 Å². The van der Waals surface area contributed by atoms with Gasteiger partial charge in [-0.15, -0.1) is 11.6 Å². The Hall–Kier alpha value is 0.290. The number of halogens is 1. The summed E-state index contributed by atoms with van der Waals surface area (Å²) in [5.74, 6) is 2.60. The molecule has 0 aromatic carbocycles. The summed E-state index contributed by atoms with van der Waals surface area (Å²) < 4.78 is 0. The molecule has 0 bridgehead atoms. The molecule has 1 saturated carbocycles. The van der Waals surface area contributed by atoms with Gasteiger partial charge in [0, 0.05) is 5.88 Å². The smallest absolute Gasteiger partial charge is 0.0254 e. The van der Waals surface area contributed by atoms with Crippen LogP contribution in [-0.4, -0.2) is 5.88 Å². The zero-order valence-corrected chi connectivity index (χ0v) is 6.12.